The van der Waals surface area contributed by atoms with Gasteiger partial charge in [0.25, 0.3) is 11.7 Å². The van der Waals surface area contributed by atoms with E-state index >= 15 is 0 Å². The number of carbonyl (C=O) groups excluding carboxylic acids is 1. The first-order chi connectivity index (χ1) is 13.0. The molecule has 2 N–H and O–H groups in total. The third-order valence-corrected chi connectivity index (χ3v) is 5.04. The second kappa shape index (κ2) is 8.39. The fourth-order valence-corrected chi connectivity index (χ4v) is 3.57. The van der Waals surface area contributed by atoms with Crippen molar-refractivity contribution >= 4 is 35.0 Å². The topological polar surface area (TPSA) is 69.6 Å². The molecular formula is C19H18F2N2O3S. The van der Waals surface area contributed by atoms with Gasteiger partial charge in [0, 0.05) is 17.1 Å². The molecule has 1 heterocycles. The number of carboxylic acids is 1. The van der Waals surface area contributed by atoms with E-state index in [9.17, 15) is 23.5 Å². The zero-order valence-electron chi connectivity index (χ0n) is 14.3. The SMILES string of the molecule is O=C(O)C1CCCN1C(=O)c1ccccc1Nc1ccc(SC(F)F)cc1. The van der Waals surface area contributed by atoms with Crippen molar-refractivity contribution in [1.82, 2.24) is 4.90 Å². The molecule has 8 heteroatoms. The Morgan fingerprint density at radius 3 is 2.52 bits per heavy atom. The summed E-state index contributed by atoms with van der Waals surface area (Å²) in [5, 5.41) is 12.4. The molecule has 5 nitrogen and oxygen atoms in total. The van der Waals surface area contributed by atoms with E-state index in [2.05, 4.69) is 5.32 Å². The molecule has 2 aromatic rings. The number of anilines is 2. The van der Waals surface area contributed by atoms with Crippen molar-refractivity contribution in [3.05, 3.63) is 54.1 Å². The molecule has 3 rings (SSSR count). The fourth-order valence-electron chi connectivity index (χ4n) is 3.08. The van der Waals surface area contributed by atoms with Crippen LogP contribution in [0.1, 0.15) is 23.2 Å². The van der Waals surface area contributed by atoms with E-state index in [0.717, 1.165) is 0 Å². The first kappa shape index (κ1) is 19.2. The number of hydrogen-bond acceptors (Lipinski definition) is 4. The first-order valence-electron chi connectivity index (χ1n) is 8.40. The van der Waals surface area contributed by atoms with Crippen LogP contribution in [0.2, 0.25) is 0 Å². The molecule has 0 aromatic heterocycles. The molecule has 0 spiro atoms. The average Bonchev–Trinajstić information content (AvgIpc) is 3.13. The van der Waals surface area contributed by atoms with E-state index in [1.165, 1.54) is 4.90 Å². The molecule has 1 aliphatic heterocycles. The quantitative estimate of drug-likeness (QED) is 0.712. The number of thioether (sulfide) groups is 1. The molecule has 0 bridgehead atoms. The number of aliphatic carboxylic acids is 1. The van der Waals surface area contributed by atoms with E-state index in [4.69, 9.17) is 0 Å². The summed E-state index contributed by atoms with van der Waals surface area (Å²) in [6.07, 6.45) is 1.10. The molecule has 1 fully saturated rings. The number of benzene rings is 2. The largest absolute Gasteiger partial charge is 0.480 e. The summed E-state index contributed by atoms with van der Waals surface area (Å²) in [6, 6.07) is 12.5. The summed E-state index contributed by atoms with van der Waals surface area (Å²) in [6.45, 7) is 0.406. The van der Waals surface area contributed by atoms with Crippen LogP contribution in [0.3, 0.4) is 0 Å². The van der Waals surface area contributed by atoms with Crippen LogP contribution in [0.25, 0.3) is 0 Å². The van der Waals surface area contributed by atoms with Crippen LogP contribution < -0.4 is 5.32 Å². The number of halogens is 2. The van der Waals surface area contributed by atoms with E-state index in [-0.39, 0.29) is 5.91 Å². The molecule has 1 atom stereocenters. The van der Waals surface area contributed by atoms with Gasteiger partial charge in [-0.1, -0.05) is 23.9 Å². The van der Waals surface area contributed by atoms with Gasteiger partial charge < -0.3 is 15.3 Å². The second-order valence-electron chi connectivity index (χ2n) is 6.07. The lowest BCUT2D eigenvalue weighted by Crippen LogP contribution is -2.40. The van der Waals surface area contributed by atoms with Crippen molar-refractivity contribution in [1.29, 1.82) is 0 Å². The van der Waals surface area contributed by atoms with Gasteiger partial charge in [-0.05, 0) is 49.2 Å². The van der Waals surface area contributed by atoms with Crippen molar-refractivity contribution in [3.63, 3.8) is 0 Å². The van der Waals surface area contributed by atoms with Crippen molar-refractivity contribution in [3.8, 4) is 0 Å². The molecule has 1 unspecified atom stereocenters. The minimum atomic E-state index is -2.48. The highest BCUT2D eigenvalue weighted by Gasteiger charge is 2.35. The van der Waals surface area contributed by atoms with E-state index in [0.29, 0.717) is 53.0 Å². The van der Waals surface area contributed by atoms with Crippen molar-refractivity contribution in [2.45, 2.75) is 29.5 Å². The van der Waals surface area contributed by atoms with Crippen molar-refractivity contribution in [2.24, 2.45) is 0 Å². The Hall–Kier alpha value is -2.61. The summed E-state index contributed by atoms with van der Waals surface area (Å²) < 4.78 is 24.8. The molecule has 2 aromatic carbocycles. The first-order valence-corrected chi connectivity index (χ1v) is 9.28. The van der Waals surface area contributed by atoms with Gasteiger partial charge >= 0.3 is 5.97 Å². The standard InChI is InChI=1S/C19H18F2N2O3S/c20-19(21)27-13-9-7-12(8-10-13)22-15-5-2-1-4-14(15)17(24)23-11-3-6-16(23)18(25)26/h1-2,4-5,7-10,16,19,22H,3,6,11H2,(H,25,26). The molecule has 0 radical (unpaired) electrons. The van der Waals surface area contributed by atoms with Gasteiger partial charge in [-0.2, -0.15) is 8.78 Å². The molecule has 27 heavy (non-hydrogen) atoms. The summed E-state index contributed by atoms with van der Waals surface area (Å²) in [4.78, 5) is 26.1. The lowest BCUT2D eigenvalue weighted by atomic mass is 10.1. The summed E-state index contributed by atoms with van der Waals surface area (Å²) in [5.41, 5.74) is 1.55. The van der Waals surface area contributed by atoms with E-state index in [1.807, 2.05) is 0 Å². The van der Waals surface area contributed by atoms with Gasteiger partial charge in [0.2, 0.25) is 0 Å². The number of para-hydroxylation sites is 1. The number of alkyl halides is 2. The van der Waals surface area contributed by atoms with Gasteiger partial charge in [0.1, 0.15) is 6.04 Å². The Balaban J connectivity index is 1.80. The predicted octanol–water partition coefficient (Wildman–Crippen LogP) is 4.43. The Bertz CT molecular complexity index is 830. The van der Waals surface area contributed by atoms with Crippen LogP contribution in [0.5, 0.6) is 0 Å². The van der Waals surface area contributed by atoms with Gasteiger partial charge in [-0.3, -0.25) is 4.79 Å². The molecule has 1 saturated heterocycles. The van der Waals surface area contributed by atoms with E-state index in [1.54, 1.807) is 48.5 Å². The number of carboxylic acid groups (broad SMARTS) is 1. The molecule has 0 saturated carbocycles. The van der Waals surface area contributed by atoms with Crippen LogP contribution in [0, 0.1) is 0 Å². The van der Waals surface area contributed by atoms with Crippen LogP contribution in [0.4, 0.5) is 20.2 Å². The highest BCUT2D eigenvalue weighted by atomic mass is 32.2. The number of amides is 1. The minimum absolute atomic E-state index is 0.340. The molecule has 1 amide bonds. The zero-order valence-corrected chi connectivity index (χ0v) is 15.1. The Labute approximate surface area is 159 Å². The second-order valence-corrected chi connectivity index (χ2v) is 7.13. The van der Waals surface area contributed by atoms with Gasteiger partial charge in [-0.15, -0.1) is 0 Å². The summed E-state index contributed by atoms with van der Waals surface area (Å²) in [5.74, 6) is -3.82. The minimum Gasteiger partial charge on any atom is -0.480 e. The lowest BCUT2D eigenvalue weighted by Gasteiger charge is -2.23. The smallest absolute Gasteiger partial charge is 0.326 e. The number of rotatable bonds is 6. The maximum Gasteiger partial charge on any atom is 0.326 e. The van der Waals surface area contributed by atoms with Gasteiger partial charge in [-0.25, -0.2) is 4.79 Å². The number of nitrogens with one attached hydrogen (secondary N) is 1. The van der Waals surface area contributed by atoms with Crippen LogP contribution in [0.15, 0.2) is 53.4 Å². The maximum absolute atomic E-state index is 12.9. The Morgan fingerprint density at radius 1 is 1.15 bits per heavy atom. The highest BCUT2D eigenvalue weighted by molar-refractivity contribution is 7.99. The maximum atomic E-state index is 12.9. The van der Waals surface area contributed by atoms with Gasteiger partial charge in [0.15, 0.2) is 0 Å². The number of hydrogen-bond donors (Lipinski definition) is 2. The number of carbonyl (C=O) groups is 2. The summed E-state index contributed by atoms with van der Waals surface area (Å²) in [7, 11) is 0. The highest BCUT2D eigenvalue weighted by Crippen LogP contribution is 2.29. The molecule has 0 aliphatic carbocycles. The van der Waals surface area contributed by atoms with Crippen LogP contribution in [-0.4, -0.2) is 40.2 Å². The fraction of sp³-hybridized carbons (Fsp3) is 0.263. The predicted molar refractivity (Wildman–Crippen MR) is 99.7 cm³/mol. The summed E-state index contributed by atoms with van der Waals surface area (Å²) >= 11 is 0.464. The number of likely N-dealkylation sites (tertiary alicyclic amines) is 1. The normalized spacial score (nSPS) is 16.6. The third-order valence-electron chi connectivity index (χ3n) is 4.31. The van der Waals surface area contributed by atoms with E-state index < -0.39 is 17.8 Å². The van der Waals surface area contributed by atoms with Crippen molar-refractivity contribution in [2.75, 3.05) is 11.9 Å². The lowest BCUT2D eigenvalue weighted by molar-refractivity contribution is -0.141. The third kappa shape index (κ3) is 4.57. The van der Waals surface area contributed by atoms with Gasteiger partial charge in [0.05, 0.1) is 11.3 Å². The van der Waals surface area contributed by atoms with Crippen LogP contribution >= 0.6 is 11.8 Å². The zero-order chi connectivity index (χ0) is 19.4. The average molecular weight is 392 g/mol. The number of nitrogens with zero attached hydrogens (tertiary/aromatic N) is 1. The van der Waals surface area contributed by atoms with Crippen LogP contribution in [-0.2, 0) is 4.79 Å². The molecule has 1 aliphatic rings. The Morgan fingerprint density at radius 2 is 1.85 bits per heavy atom. The van der Waals surface area contributed by atoms with Crippen molar-refractivity contribution < 1.29 is 23.5 Å². The molecule has 142 valence electrons. The monoisotopic (exact) mass is 392 g/mol. The Kier molecular flexibility index (Phi) is 5.95. The molecular weight excluding hydrogens is 374 g/mol.